The molecule has 6 heteroatoms. The molecular formula is C11H8Cl2N2O2. The number of rotatable bonds is 3. The van der Waals surface area contributed by atoms with E-state index in [0.29, 0.717) is 11.2 Å². The molecule has 1 N–H and O–H groups in total. The van der Waals surface area contributed by atoms with Crippen molar-refractivity contribution in [1.82, 2.24) is 0 Å². The second-order valence-corrected chi connectivity index (χ2v) is 3.80. The summed E-state index contributed by atoms with van der Waals surface area (Å²) in [5.41, 5.74) is 0.123. The molecule has 0 aliphatic heterocycles. The highest BCUT2D eigenvalue weighted by atomic mass is 35.5. The summed E-state index contributed by atoms with van der Waals surface area (Å²) in [5.74, 6) is -1.50. The first-order valence-electron chi connectivity index (χ1n) is 4.47. The van der Waals surface area contributed by atoms with Gasteiger partial charge in [0.15, 0.2) is 0 Å². The van der Waals surface area contributed by atoms with Crippen LogP contribution in [-0.4, -0.2) is 18.0 Å². The van der Waals surface area contributed by atoms with Gasteiger partial charge in [0.05, 0.1) is 16.9 Å². The van der Waals surface area contributed by atoms with Gasteiger partial charge in [0, 0.05) is 5.02 Å². The molecule has 0 saturated heterocycles. The van der Waals surface area contributed by atoms with Gasteiger partial charge in [0.25, 0.3) is 11.8 Å². The van der Waals surface area contributed by atoms with Crippen LogP contribution in [0, 0.1) is 5.41 Å². The lowest BCUT2D eigenvalue weighted by atomic mass is 10.2. The maximum Gasteiger partial charge on any atom is 0.275 e. The minimum atomic E-state index is -0.820. The first kappa shape index (κ1) is 13.4. The van der Waals surface area contributed by atoms with Crippen molar-refractivity contribution < 1.29 is 9.59 Å². The van der Waals surface area contributed by atoms with Gasteiger partial charge in [-0.05, 0) is 24.3 Å². The van der Waals surface area contributed by atoms with Crippen LogP contribution in [0.15, 0.2) is 30.9 Å². The molecular weight excluding hydrogens is 263 g/mol. The number of carbonyl (C=O) groups is 2. The predicted octanol–water partition coefficient (Wildman–Crippen LogP) is 2.69. The second-order valence-electron chi connectivity index (χ2n) is 2.96. The molecule has 0 atom stereocenters. The van der Waals surface area contributed by atoms with Crippen molar-refractivity contribution in [3.63, 3.8) is 0 Å². The van der Waals surface area contributed by atoms with E-state index in [9.17, 15) is 9.59 Å². The van der Waals surface area contributed by atoms with E-state index in [1.54, 1.807) is 0 Å². The van der Waals surface area contributed by atoms with Crippen molar-refractivity contribution in [2.75, 3.05) is 4.90 Å². The van der Waals surface area contributed by atoms with E-state index in [-0.39, 0.29) is 10.7 Å². The average Bonchev–Trinajstić information content (AvgIpc) is 2.33. The highest BCUT2D eigenvalue weighted by Crippen LogP contribution is 2.29. The molecule has 0 unspecified atom stereocenters. The fourth-order valence-corrected chi connectivity index (χ4v) is 1.53. The highest BCUT2D eigenvalue weighted by molar-refractivity contribution is 6.43. The minimum Gasteiger partial charge on any atom is -0.303 e. The standard InChI is InChI=1S/C11H8Cl2N2O2/c1-2-10(16)15(11(17)6-14)9-5-7(12)3-4-8(9)13/h2-6,14H,1H2. The molecule has 1 rings (SSSR count). The van der Waals surface area contributed by atoms with Gasteiger partial charge in [0.1, 0.15) is 0 Å². The number of hydrogen-bond acceptors (Lipinski definition) is 3. The number of halogens is 2. The molecule has 88 valence electrons. The Morgan fingerprint density at radius 3 is 2.47 bits per heavy atom. The molecule has 0 aliphatic rings. The lowest BCUT2D eigenvalue weighted by molar-refractivity contribution is -0.120. The summed E-state index contributed by atoms with van der Waals surface area (Å²) in [4.78, 5) is 23.8. The van der Waals surface area contributed by atoms with E-state index >= 15 is 0 Å². The number of carbonyl (C=O) groups excluding carboxylic acids is 2. The van der Waals surface area contributed by atoms with Crippen LogP contribution in [0.25, 0.3) is 0 Å². The van der Waals surface area contributed by atoms with Gasteiger partial charge in [-0.25, -0.2) is 4.90 Å². The number of nitrogens with zero attached hydrogens (tertiary/aromatic N) is 1. The van der Waals surface area contributed by atoms with Gasteiger partial charge in [0.2, 0.25) is 0 Å². The maximum absolute atomic E-state index is 11.6. The summed E-state index contributed by atoms with van der Waals surface area (Å²) < 4.78 is 0. The van der Waals surface area contributed by atoms with Crippen LogP contribution in [0.1, 0.15) is 0 Å². The van der Waals surface area contributed by atoms with Crippen LogP contribution in [0.2, 0.25) is 10.0 Å². The molecule has 0 bridgehead atoms. The molecule has 0 spiro atoms. The lowest BCUT2D eigenvalue weighted by Crippen LogP contribution is -2.36. The lowest BCUT2D eigenvalue weighted by Gasteiger charge is -2.18. The van der Waals surface area contributed by atoms with Crippen LogP contribution < -0.4 is 4.90 Å². The molecule has 2 amide bonds. The Bertz CT molecular complexity index is 480. The van der Waals surface area contributed by atoms with E-state index in [1.807, 2.05) is 0 Å². The Morgan fingerprint density at radius 1 is 1.29 bits per heavy atom. The monoisotopic (exact) mass is 270 g/mol. The normalized spacial score (nSPS) is 9.53. The summed E-state index contributed by atoms with van der Waals surface area (Å²) in [6, 6.07) is 4.35. The van der Waals surface area contributed by atoms with Crippen LogP contribution >= 0.6 is 23.2 Å². The van der Waals surface area contributed by atoms with E-state index in [1.165, 1.54) is 18.2 Å². The van der Waals surface area contributed by atoms with Crippen LogP contribution in [0.5, 0.6) is 0 Å². The van der Waals surface area contributed by atoms with Gasteiger partial charge in [-0.1, -0.05) is 29.8 Å². The van der Waals surface area contributed by atoms with Gasteiger partial charge >= 0.3 is 0 Å². The van der Waals surface area contributed by atoms with Gasteiger partial charge < -0.3 is 5.41 Å². The number of nitrogens with one attached hydrogen (secondary N) is 1. The first-order chi connectivity index (χ1) is 8.01. The van der Waals surface area contributed by atoms with Crippen molar-refractivity contribution in [3.05, 3.63) is 40.9 Å². The molecule has 0 aliphatic carbocycles. The second kappa shape index (κ2) is 5.61. The fraction of sp³-hybridized carbons (Fsp3) is 0. The summed E-state index contributed by atoms with van der Waals surface area (Å²) in [6.45, 7) is 3.28. The van der Waals surface area contributed by atoms with Crippen LogP contribution in [-0.2, 0) is 9.59 Å². The van der Waals surface area contributed by atoms with Gasteiger partial charge in [-0.15, -0.1) is 0 Å². The third-order valence-corrected chi connectivity index (χ3v) is 2.44. The topological polar surface area (TPSA) is 61.2 Å². The van der Waals surface area contributed by atoms with Crippen molar-refractivity contribution >= 4 is 46.9 Å². The Morgan fingerprint density at radius 2 is 1.94 bits per heavy atom. The number of amides is 2. The van der Waals surface area contributed by atoms with Gasteiger partial charge in [-0.3, -0.25) is 9.59 Å². The Hall–Kier alpha value is -1.65. The van der Waals surface area contributed by atoms with Gasteiger partial charge in [-0.2, -0.15) is 0 Å². The van der Waals surface area contributed by atoms with Crippen molar-refractivity contribution in [2.24, 2.45) is 0 Å². The van der Waals surface area contributed by atoms with Crippen LogP contribution in [0.3, 0.4) is 0 Å². The van der Waals surface area contributed by atoms with Crippen LogP contribution in [0.4, 0.5) is 5.69 Å². The minimum absolute atomic E-state index is 0.123. The van der Waals surface area contributed by atoms with Crippen molar-refractivity contribution in [3.8, 4) is 0 Å². The van der Waals surface area contributed by atoms with E-state index in [2.05, 4.69) is 6.58 Å². The number of anilines is 1. The molecule has 0 fully saturated rings. The molecule has 1 aromatic carbocycles. The number of imide groups is 1. The molecule has 0 radical (unpaired) electrons. The average molecular weight is 271 g/mol. The quantitative estimate of drug-likeness (QED) is 0.678. The Labute approximate surface area is 108 Å². The summed E-state index contributed by atoms with van der Waals surface area (Å²) >= 11 is 11.6. The largest absolute Gasteiger partial charge is 0.303 e. The van der Waals surface area contributed by atoms with E-state index < -0.39 is 11.8 Å². The zero-order valence-electron chi connectivity index (χ0n) is 8.61. The highest BCUT2D eigenvalue weighted by Gasteiger charge is 2.22. The third-order valence-electron chi connectivity index (χ3n) is 1.89. The Kier molecular flexibility index (Phi) is 4.43. The molecule has 0 aromatic heterocycles. The molecule has 0 heterocycles. The molecule has 17 heavy (non-hydrogen) atoms. The summed E-state index contributed by atoms with van der Waals surface area (Å²) in [7, 11) is 0. The van der Waals surface area contributed by atoms with Crippen molar-refractivity contribution in [1.29, 1.82) is 5.41 Å². The Balaban J connectivity index is 3.35. The zero-order valence-corrected chi connectivity index (χ0v) is 10.1. The third kappa shape index (κ3) is 2.93. The predicted molar refractivity (Wildman–Crippen MR) is 67.9 cm³/mol. The number of benzene rings is 1. The SMILES string of the molecule is C=CC(=O)N(C(=O)C=N)c1cc(Cl)ccc1Cl. The zero-order chi connectivity index (χ0) is 13.0. The summed E-state index contributed by atoms with van der Waals surface area (Å²) in [5, 5.41) is 7.41. The molecule has 4 nitrogen and oxygen atoms in total. The molecule has 0 saturated carbocycles. The van der Waals surface area contributed by atoms with Crippen molar-refractivity contribution in [2.45, 2.75) is 0 Å². The number of hydrogen-bond donors (Lipinski definition) is 1. The first-order valence-corrected chi connectivity index (χ1v) is 5.23. The fourth-order valence-electron chi connectivity index (χ4n) is 1.16. The maximum atomic E-state index is 11.6. The van der Waals surface area contributed by atoms with E-state index in [4.69, 9.17) is 28.6 Å². The van der Waals surface area contributed by atoms with E-state index in [0.717, 1.165) is 11.0 Å². The molecule has 1 aromatic rings. The summed E-state index contributed by atoms with van der Waals surface area (Å²) in [6.07, 6.45) is 1.47. The smallest absolute Gasteiger partial charge is 0.275 e.